The quantitative estimate of drug-likeness (QED) is 0.700. The molecular weight excluding hydrogens is 426 g/mol. The smallest absolute Gasteiger partial charge is 0.347 e. The molecule has 1 aromatic heterocycles. The van der Waals surface area contributed by atoms with Crippen molar-refractivity contribution in [3.05, 3.63) is 30.2 Å². The zero-order valence-corrected chi connectivity index (χ0v) is 11.9. The van der Waals surface area contributed by atoms with E-state index in [1.54, 1.807) is 0 Å². The Morgan fingerprint density at radius 2 is 2.07 bits per heavy atom. The lowest BCUT2D eigenvalue weighted by Gasteiger charge is -1.91. The molecule has 2 nitrogen and oxygen atoms in total. The van der Waals surface area contributed by atoms with E-state index in [2.05, 4.69) is 45.2 Å². The maximum Gasteiger partial charge on any atom is 0.347 e. The van der Waals surface area contributed by atoms with Gasteiger partial charge in [-0.15, -0.1) is 11.3 Å². The van der Waals surface area contributed by atoms with Crippen LogP contribution in [0.2, 0.25) is 0 Å². The summed E-state index contributed by atoms with van der Waals surface area (Å²) in [4.78, 5) is 11.3. The first-order chi connectivity index (χ1) is 6.59. The van der Waals surface area contributed by atoms with E-state index < -0.39 is 5.97 Å². The van der Waals surface area contributed by atoms with E-state index in [1.165, 1.54) is 11.3 Å². The van der Waals surface area contributed by atoms with Gasteiger partial charge < -0.3 is 5.11 Å². The van der Waals surface area contributed by atoms with Crippen LogP contribution in [0.4, 0.5) is 0 Å². The number of hydrogen-bond donors (Lipinski definition) is 1. The Balaban J connectivity index is 2.80. The average Bonchev–Trinajstić information content (AvgIpc) is 2.44. The van der Waals surface area contributed by atoms with Crippen molar-refractivity contribution in [2.75, 3.05) is 0 Å². The minimum atomic E-state index is -0.842. The number of carboxylic acids is 1. The molecule has 0 saturated carbocycles. The molecule has 1 heterocycles. The highest BCUT2D eigenvalue weighted by Gasteiger charge is 2.15. The van der Waals surface area contributed by atoms with Crippen molar-refractivity contribution in [2.45, 2.75) is 0 Å². The van der Waals surface area contributed by atoms with Crippen LogP contribution < -0.4 is 0 Å². The van der Waals surface area contributed by atoms with Crippen LogP contribution in [-0.2, 0) is 0 Å². The van der Waals surface area contributed by atoms with Crippen molar-refractivity contribution in [3.63, 3.8) is 0 Å². The minimum Gasteiger partial charge on any atom is -0.477 e. The summed E-state index contributed by atoms with van der Waals surface area (Å²) in [6.07, 6.45) is 0. The first-order valence-corrected chi connectivity index (χ1v) is 6.68. The van der Waals surface area contributed by atoms with Crippen LogP contribution in [0.15, 0.2) is 18.2 Å². The highest BCUT2D eigenvalue weighted by molar-refractivity contribution is 14.1. The number of fused-ring (bicyclic) bond motifs is 1. The molecule has 0 saturated heterocycles. The van der Waals surface area contributed by atoms with Gasteiger partial charge in [0, 0.05) is 17.2 Å². The molecule has 2 aromatic rings. The molecule has 0 unspecified atom stereocenters. The third kappa shape index (κ3) is 1.76. The second kappa shape index (κ2) is 3.93. The number of benzene rings is 1. The summed E-state index contributed by atoms with van der Waals surface area (Å²) in [5.74, 6) is -0.842. The van der Waals surface area contributed by atoms with Crippen LogP contribution in [0.25, 0.3) is 10.1 Å². The Kier molecular flexibility index (Phi) is 2.98. The van der Waals surface area contributed by atoms with E-state index >= 15 is 0 Å². The molecule has 0 amide bonds. The Morgan fingerprint density at radius 3 is 2.71 bits per heavy atom. The summed E-state index contributed by atoms with van der Waals surface area (Å²) in [6, 6.07) is 5.97. The van der Waals surface area contributed by atoms with Gasteiger partial charge in [-0.1, -0.05) is 0 Å². The van der Waals surface area contributed by atoms with Crippen molar-refractivity contribution in [2.24, 2.45) is 0 Å². The van der Waals surface area contributed by atoms with Crippen molar-refractivity contribution in [3.8, 4) is 0 Å². The van der Waals surface area contributed by atoms with Crippen molar-refractivity contribution >= 4 is 72.6 Å². The van der Waals surface area contributed by atoms with Gasteiger partial charge in [0.2, 0.25) is 0 Å². The largest absolute Gasteiger partial charge is 0.477 e. The zero-order chi connectivity index (χ0) is 10.3. The molecule has 0 spiro atoms. The normalized spacial score (nSPS) is 10.7. The number of halogens is 2. The lowest BCUT2D eigenvalue weighted by Crippen LogP contribution is -1.93. The van der Waals surface area contributed by atoms with Gasteiger partial charge in [-0.3, -0.25) is 0 Å². The molecule has 0 bridgehead atoms. The molecular formula is C9H4I2O2S. The average molecular weight is 430 g/mol. The Morgan fingerprint density at radius 1 is 1.36 bits per heavy atom. The molecule has 0 aliphatic carbocycles. The molecule has 14 heavy (non-hydrogen) atoms. The molecule has 0 radical (unpaired) electrons. The fourth-order valence-electron chi connectivity index (χ4n) is 1.18. The third-order valence-corrected chi connectivity index (χ3v) is 5.10. The summed E-state index contributed by atoms with van der Waals surface area (Å²) in [5.41, 5.74) is 0. The predicted molar refractivity (Wildman–Crippen MR) is 74.2 cm³/mol. The Labute approximate surface area is 112 Å². The summed E-state index contributed by atoms with van der Waals surface area (Å²) in [6.45, 7) is 0. The van der Waals surface area contributed by atoms with Crippen LogP contribution in [0.1, 0.15) is 9.67 Å². The van der Waals surface area contributed by atoms with Gasteiger partial charge in [-0.2, -0.15) is 0 Å². The Bertz CT molecular complexity index is 519. The van der Waals surface area contributed by atoms with E-state index in [0.717, 1.165) is 17.2 Å². The highest BCUT2D eigenvalue weighted by Crippen LogP contribution is 2.33. The van der Waals surface area contributed by atoms with Crippen molar-refractivity contribution in [1.82, 2.24) is 0 Å². The van der Waals surface area contributed by atoms with Crippen molar-refractivity contribution in [1.29, 1.82) is 0 Å². The number of rotatable bonds is 1. The number of carbonyl (C=O) groups is 1. The van der Waals surface area contributed by atoms with E-state index in [9.17, 15) is 4.79 Å². The number of hydrogen-bond acceptors (Lipinski definition) is 2. The van der Waals surface area contributed by atoms with Gasteiger partial charge >= 0.3 is 5.97 Å². The summed E-state index contributed by atoms with van der Waals surface area (Å²) < 4.78 is 3.00. The van der Waals surface area contributed by atoms with E-state index in [0.29, 0.717) is 4.88 Å². The van der Waals surface area contributed by atoms with Crippen LogP contribution >= 0.6 is 56.5 Å². The molecule has 0 atom stereocenters. The van der Waals surface area contributed by atoms with Gasteiger partial charge in [-0.25, -0.2) is 4.79 Å². The van der Waals surface area contributed by atoms with Crippen LogP contribution in [-0.4, -0.2) is 11.1 Å². The molecule has 0 aliphatic rings. The maximum atomic E-state index is 10.9. The second-order valence-electron chi connectivity index (χ2n) is 2.69. The first-order valence-electron chi connectivity index (χ1n) is 3.70. The third-order valence-electron chi connectivity index (χ3n) is 1.78. The van der Waals surface area contributed by atoms with Gasteiger partial charge in [-0.05, 0) is 63.4 Å². The van der Waals surface area contributed by atoms with Gasteiger partial charge in [0.1, 0.15) is 4.88 Å². The molecule has 5 heteroatoms. The monoisotopic (exact) mass is 430 g/mol. The molecule has 72 valence electrons. The van der Waals surface area contributed by atoms with Crippen LogP contribution in [0.5, 0.6) is 0 Å². The standard InChI is InChI=1S/C9H4I2O2S/c10-4-1-2-6-5(3-4)7(11)8(14-6)9(12)13/h1-3H,(H,12,13). The minimum absolute atomic E-state index is 0.433. The number of carboxylic acid groups (broad SMARTS) is 1. The predicted octanol–water partition coefficient (Wildman–Crippen LogP) is 3.81. The van der Waals surface area contributed by atoms with Crippen LogP contribution in [0, 0.1) is 7.14 Å². The lowest BCUT2D eigenvalue weighted by atomic mass is 10.2. The summed E-state index contributed by atoms with van der Waals surface area (Å²) in [5, 5.41) is 9.98. The van der Waals surface area contributed by atoms with Crippen LogP contribution in [0.3, 0.4) is 0 Å². The summed E-state index contributed by atoms with van der Waals surface area (Å²) >= 11 is 5.65. The lowest BCUT2D eigenvalue weighted by molar-refractivity contribution is 0.0701. The SMILES string of the molecule is O=C(O)c1sc2ccc(I)cc2c1I. The zero-order valence-electron chi connectivity index (χ0n) is 6.75. The molecule has 0 fully saturated rings. The maximum absolute atomic E-state index is 10.9. The number of aromatic carboxylic acids is 1. The fourth-order valence-corrected chi connectivity index (χ4v) is 3.77. The molecule has 2 rings (SSSR count). The topological polar surface area (TPSA) is 37.3 Å². The molecule has 1 aromatic carbocycles. The highest BCUT2D eigenvalue weighted by atomic mass is 127. The fraction of sp³-hybridized carbons (Fsp3) is 0. The van der Waals surface area contributed by atoms with Crippen molar-refractivity contribution < 1.29 is 9.90 Å². The molecule has 1 N–H and O–H groups in total. The number of thiophene rings is 1. The van der Waals surface area contributed by atoms with Gasteiger partial charge in [0.05, 0.1) is 0 Å². The van der Waals surface area contributed by atoms with Gasteiger partial charge in [0.25, 0.3) is 0 Å². The Hall–Kier alpha value is 0.110. The molecule has 0 aliphatic heterocycles. The van der Waals surface area contributed by atoms with E-state index in [4.69, 9.17) is 5.11 Å². The van der Waals surface area contributed by atoms with E-state index in [-0.39, 0.29) is 0 Å². The van der Waals surface area contributed by atoms with E-state index in [1.807, 2.05) is 18.2 Å². The first kappa shape index (κ1) is 10.6. The second-order valence-corrected chi connectivity index (χ2v) is 6.07. The summed E-state index contributed by atoms with van der Waals surface area (Å²) in [7, 11) is 0. The van der Waals surface area contributed by atoms with Gasteiger partial charge in [0.15, 0.2) is 0 Å².